The number of carbonyl (C=O) groups is 1. The van der Waals surface area contributed by atoms with E-state index in [1.807, 2.05) is 20.8 Å². The summed E-state index contributed by atoms with van der Waals surface area (Å²) >= 11 is 3.60. The molecule has 1 saturated heterocycles. The first-order valence-corrected chi connectivity index (χ1v) is 6.51. The summed E-state index contributed by atoms with van der Waals surface area (Å²) in [6, 6.07) is 0. The highest BCUT2D eigenvalue weighted by molar-refractivity contribution is 9.10. The molecule has 4 heteroatoms. The van der Waals surface area contributed by atoms with E-state index in [1.54, 1.807) is 0 Å². The third-order valence-corrected chi connectivity index (χ3v) is 3.58. The number of esters is 1. The first-order chi connectivity index (χ1) is 7.18. The van der Waals surface area contributed by atoms with Crippen molar-refractivity contribution in [3.8, 4) is 0 Å². The van der Waals surface area contributed by atoms with E-state index in [0.29, 0.717) is 13.0 Å². The largest absolute Gasteiger partial charge is 0.466 e. The van der Waals surface area contributed by atoms with Crippen LogP contribution in [0.1, 0.15) is 41.0 Å². The molecule has 1 heterocycles. The van der Waals surface area contributed by atoms with Crippen LogP contribution in [0.3, 0.4) is 0 Å². The first kappa shape index (κ1) is 14.0. The van der Waals surface area contributed by atoms with Crippen molar-refractivity contribution in [2.75, 3.05) is 6.61 Å². The van der Waals surface area contributed by atoms with Gasteiger partial charge in [0.1, 0.15) is 0 Å². The second kappa shape index (κ2) is 4.65. The molecule has 1 aliphatic rings. The molecule has 1 fully saturated rings. The summed E-state index contributed by atoms with van der Waals surface area (Å²) in [5.74, 6) is -0.318. The standard InChI is InChI=1S/C12H21BrO3/c1-6-15-10(14)8-7-9(11(2,3)13)16-12(8,4)5/h8-9H,6-7H2,1-5H3. The van der Waals surface area contributed by atoms with Gasteiger partial charge in [0.2, 0.25) is 0 Å². The van der Waals surface area contributed by atoms with Gasteiger partial charge in [-0.1, -0.05) is 15.9 Å². The Morgan fingerprint density at radius 1 is 1.56 bits per heavy atom. The molecule has 2 atom stereocenters. The second-order valence-corrected chi connectivity index (χ2v) is 7.36. The molecule has 0 radical (unpaired) electrons. The molecule has 0 aromatic rings. The molecular weight excluding hydrogens is 272 g/mol. The SMILES string of the molecule is CCOC(=O)C1CC(C(C)(C)Br)OC1(C)C. The average Bonchev–Trinajstić information content (AvgIpc) is 2.41. The lowest BCUT2D eigenvalue weighted by Crippen LogP contribution is -2.35. The van der Waals surface area contributed by atoms with Gasteiger partial charge in [0.05, 0.1) is 24.2 Å². The fraction of sp³-hybridized carbons (Fsp3) is 0.917. The molecule has 0 bridgehead atoms. The van der Waals surface area contributed by atoms with Crippen LogP contribution < -0.4 is 0 Å². The van der Waals surface area contributed by atoms with Crippen molar-refractivity contribution in [1.29, 1.82) is 0 Å². The van der Waals surface area contributed by atoms with Crippen molar-refractivity contribution < 1.29 is 14.3 Å². The van der Waals surface area contributed by atoms with Crippen LogP contribution in [0.5, 0.6) is 0 Å². The zero-order valence-electron chi connectivity index (χ0n) is 10.7. The molecule has 0 N–H and O–H groups in total. The molecule has 1 rings (SSSR count). The molecule has 0 saturated carbocycles. The van der Waals surface area contributed by atoms with E-state index in [2.05, 4.69) is 29.8 Å². The quantitative estimate of drug-likeness (QED) is 0.593. The number of ether oxygens (including phenoxy) is 2. The summed E-state index contributed by atoms with van der Waals surface area (Å²) in [6.07, 6.45) is 0.751. The molecule has 16 heavy (non-hydrogen) atoms. The van der Waals surface area contributed by atoms with E-state index in [0.717, 1.165) is 0 Å². The summed E-state index contributed by atoms with van der Waals surface area (Å²) in [5.41, 5.74) is -0.443. The van der Waals surface area contributed by atoms with Crippen molar-refractivity contribution in [1.82, 2.24) is 0 Å². The average molecular weight is 293 g/mol. The summed E-state index contributed by atoms with van der Waals surface area (Å²) in [7, 11) is 0. The number of halogens is 1. The van der Waals surface area contributed by atoms with Crippen molar-refractivity contribution in [2.45, 2.75) is 57.1 Å². The fourth-order valence-electron chi connectivity index (χ4n) is 2.04. The number of alkyl halides is 1. The maximum absolute atomic E-state index is 11.8. The third kappa shape index (κ3) is 2.98. The van der Waals surface area contributed by atoms with Gasteiger partial charge in [-0.15, -0.1) is 0 Å². The fourth-order valence-corrected chi connectivity index (χ4v) is 2.32. The zero-order chi connectivity index (χ0) is 12.6. The van der Waals surface area contributed by atoms with Crippen LogP contribution in [0.15, 0.2) is 0 Å². The Kier molecular flexibility index (Phi) is 4.06. The lowest BCUT2D eigenvalue weighted by atomic mass is 9.88. The number of rotatable bonds is 3. The summed E-state index contributed by atoms with van der Waals surface area (Å²) in [5, 5.41) is 0. The van der Waals surface area contributed by atoms with Gasteiger partial charge < -0.3 is 9.47 Å². The topological polar surface area (TPSA) is 35.5 Å². The zero-order valence-corrected chi connectivity index (χ0v) is 12.3. The molecule has 2 unspecified atom stereocenters. The maximum atomic E-state index is 11.8. The smallest absolute Gasteiger partial charge is 0.311 e. The Morgan fingerprint density at radius 2 is 2.12 bits per heavy atom. The van der Waals surface area contributed by atoms with Gasteiger partial charge in [0.25, 0.3) is 0 Å². The van der Waals surface area contributed by atoms with E-state index in [4.69, 9.17) is 9.47 Å². The van der Waals surface area contributed by atoms with Gasteiger partial charge in [0.15, 0.2) is 0 Å². The Hall–Kier alpha value is -0.0900. The normalized spacial score (nSPS) is 29.1. The highest BCUT2D eigenvalue weighted by Crippen LogP contribution is 2.42. The third-order valence-electron chi connectivity index (χ3n) is 3.07. The second-order valence-electron chi connectivity index (χ2n) is 5.31. The molecule has 3 nitrogen and oxygen atoms in total. The van der Waals surface area contributed by atoms with E-state index < -0.39 is 5.60 Å². The lowest BCUT2D eigenvalue weighted by Gasteiger charge is -2.28. The van der Waals surface area contributed by atoms with Crippen molar-refractivity contribution >= 4 is 21.9 Å². The van der Waals surface area contributed by atoms with Crippen LogP contribution in [0.25, 0.3) is 0 Å². The molecule has 0 amide bonds. The number of carbonyl (C=O) groups excluding carboxylic acids is 1. The summed E-state index contributed by atoms with van der Waals surface area (Å²) in [6.45, 7) is 10.3. The minimum atomic E-state index is -0.443. The molecule has 94 valence electrons. The minimum absolute atomic E-state index is 0.0388. The van der Waals surface area contributed by atoms with Gasteiger partial charge in [-0.05, 0) is 41.0 Å². The Labute approximate surface area is 106 Å². The van der Waals surface area contributed by atoms with Gasteiger partial charge in [-0.25, -0.2) is 0 Å². The van der Waals surface area contributed by atoms with E-state index in [-0.39, 0.29) is 22.3 Å². The Morgan fingerprint density at radius 3 is 2.50 bits per heavy atom. The van der Waals surface area contributed by atoms with E-state index in [9.17, 15) is 4.79 Å². The first-order valence-electron chi connectivity index (χ1n) is 5.72. The molecule has 1 aliphatic heterocycles. The van der Waals surface area contributed by atoms with E-state index >= 15 is 0 Å². The summed E-state index contributed by atoms with van der Waals surface area (Å²) in [4.78, 5) is 11.8. The van der Waals surface area contributed by atoms with Crippen LogP contribution in [-0.2, 0) is 14.3 Å². The lowest BCUT2D eigenvalue weighted by molar-refractivity contribution is -0.153. The highest BCUT2D eigenvalue weighted by atomic mass is 79.9. The highest BCUT2D eigenvalue weighted by Gasteiger charge is 2.50. The molecule has 0 spiro atoms. The maximum Gasteiger partial charge on any atom is 0.311 e. The monoisotopic (exact) mass is 292 g/mol. The van der Waals surface area contributed by atoms with Crippen LogP contribution in [-0.4, -0.2) is 28.6 Å². The van der Waals surface area contributed by atoms with Crippen molar-refractivity contribution in [2.24, 2.45) is 5.92 Å². The molecule has 0 aromatic heterocycles. The Balaban J connectivity index is 2.77. The van der Waals surface area contributed by atoms with Crippen LogP contribution in [0, 0.1) is 5.92 Å². The van der Waals surface area contributed by atoms with Crippen LogP contribution >= 0.6 is 15.9 Å². The Bertz CT molecular complexity index is 268. The number of hydrogen-bond acceptors (Lipinski definition) is 3. The predicted octanol–water partition coefficient (Wildman–Crippen LogP) is 2.91. The van der Waals surface area contributed by atoms with E-state index in [1.165, 1.54) is 0 Å². The molecule has 0 aliphatic carbocycles. The van der Waals surface area contributed by atoms with Crippen molar-refractivity contribution in [3.63, 3.8) is 0 Å². The van der Waals surface area contributed by atoms with Crippen molar-refractivity contribution in [3.05, 3.63) is 0 Å². The van der Waals surface area contributed by atoms with Gasteiger partial charge >= 0.3 is 5.97 Å². The molecule has 0 aromatic carbocycles. The van der Waals surface area contributed by atoms with Gasteiger partial charge in [-0.3, -0.25) is 4.79 Å². The van der Waals surface area contributed by atoms with Gasteiger partial charge in [0, 0.05) is 4.32 Å². The number of hydrogen-bond donors (Lipinski definition) is 0. The minimum Gasteiger partial charge on any atom is -0.466 e. The summed E-state index contributed by atoms with van der Waals surface area (Å²) < 4.78 is 10.9. The van der Waals surface area contributed by atoms with Crippen LogP contribution in [0.2, 0.25) is 0 Å². The molecular formula is C12H21BrO3. The predicted molar refractivity (Wildman–Crippen MR) is 66.7 cm³/mol. The van der Waals surface area contributed by atoms with Gasteiger partial charge in [-0.2, -0.15) is 0 Å². The van der Waals surface area contributed by atoms with Crippen LogP contribution in [0.4, 0.5) is 0 Å².